The van der Waals surface area contributed by atoms with Crippen LogP contribution in [0.2, 0.25) is 0 Å². The lowest BCUT2D eigenvalue weighted by Crippen LogP contribution is -2.36. The average Bonchev–Trinajstić information content (AvgIpc) is 2.31. The van der Waals surface area contributed by atoms with Gasteiger partial charge in [-0.15, -0.1) is 0 Å². The molecule has 0 amide bonds. The Kier molecular flexibility index (Phi) is 5.82. The minimum atomic E-state index is -0.910. The van der Waals surface area contributed by atoms with E-state index in [0.29, 0.717) is 13.2 Å². The minimum absolute atomic E-state index is 0.386. The highest BCUT2D eigenvalue weighted by Crippen LogP contribution is 2.07. The molecule has 1 unspecified atom stereocenters. The fourth-order valence-electron chi connectivity index (χ4n) is 1.76. The first-order valence-corrected chi connectivity index (χ1v) is 6.11. The molecule has 18 heavy (non-hydrogen) atoms. The van der Waals surface area contributed by atoms with Crippen LogP contribution in [0.1, 0.15) is 18.1 Å². The summed E-state index contributed by atoms with van der Waals surface area (Å²) in [4.78, 5) is 12.9. The Morgan fingerprint density at radius 3 is 2.50 bits per heavy atom. The van der Waals surface area contributed by atoms with E-state index in [-0.39, 0.29) is 0 Å². The third-order valence-electron chi connectivity index (χ3n) is 2.69. The van der Waals surface area contributed by atoms with Crippen LogP contribution >= 0.6 is 0 Å². The minimum Gasteiger partial charge on any atom is -0.479 e. The van der Waals surface area contributed by atoms with E-state index in [9.17, 15) is 4.79 Å². The lowest BCUT2D eigenvalue weighted by molar-refractivity contribution is -0.151. The second-order valence-corrected chi connectivity index (χ2v) is 4.46. The average molecular weight is 251 g/mol. The molecule has 0 aliphatic carbocycles. The van der Waals surface area contributed by atoms with Crippen molar-refractivity contribution < 1.29 is 14.6 Å². The van der Waals surface area contributed by atoms with Gasteiger partial charge in [0.1, 0.15) is 0 Å². The maximum absolute atomic E-state index is 11.0. The van der Waals surface area contributed by atoms with Gasteiger partial charge in [0.15, 0.2) is 6.10 Å². The summed E-state index contributed by atoms with van der Waals surface area (Å²) in [6.45, 7) is 5.36. The van der Waals surface area contributed by atoms with Crippen LogP contribution in [0, 0.1) is 6.92 Å². The molecule has 0 saturated heterocycles. The van der Waals surface area contributed by atoms with Crippen LogP contribution < -0.4 is 0 Å². The Morgan fingerprint density at radius 1 is 1.39 bits per heavy atom. The first kappa shape index (κ1) is 14.7. The number of benzene rings is 1. The SMILES string of the molecule is CCOC(CN(C)Cc1ccc(C)cc1)C(=O)O. The van der Waals surface area contributed by atoms with Crippen molar-refractivity contribution >= 4 is 5.97 Å². The van der Waals surface area contributed by atoms with E-state index in [1.54, 1.807) is 6.92 Å². The van der Waals surface area contributed by atoms with Crippen LogP contribution in [0.15, 0.2) is 24.3 Å². The van der Waals surface area contributed by atoms with Gasteiger partial charge in [-0.05, 0) is 26.5 Å². The van der Waals surface area contributed by atoms with Gasteiger partial charge in [-0.2, -0.15) is 0 Å². The fourth-order valence-corrected chi connectivity index (χ4v) is 1.76. The van der Waals surface area contributed by atoms with Crippen LogP contribution in [-0.2, 0) is 16.1 Å². The summed E-state index contributed by atoms with van der Waals surface area (Å²) in [5.41, 5.74) is 2.39. The van der Waals surface area contributed by atoms with Crippen molar-refractivity contribution in [3.63, 3.8) is 0 Å². The number of carboxylic acids is 1. The fraction of sp³-hybridized carbons (Fsp3) is 0.500. The zero-order chi connectivity index (χ0) is 13.5. The molecule has 0 radical (unpaired) electrons. The van der Waals surface area contributed by atoms with Crippen molar-refractivity contribution in [3.8, 4) is 0 Å². The van der Waals surface area contributed by atoms with E-state index in [0.717, 1.165) is 6.54 Å². The number of ether oxygens (including phenoxy) is 1. The summed E-state index contributed by atoms with van der Waals surface area (Å²) in [6.07, 6.45) is -0.759. The molecular weight excluding hydrogens is 230 g/mol. The number of nitrogens with zero attached hydrogens (tertiary/aromatic N) is 1. The van der Waals surface area contributed by atoms with Gasteiger partial charge < -0.3 is 9.84 Å². The predicted octanol–water partition coefficient (Wildman–Crippen LogP) is 1.92. The number of carboxylic acid groups (broad SMARTS) is 1. The van der Waals surface area contributed by atoms with Gasteiger partial charge in [0.2, 0.25) is 0 Å². The van der Waals surface area contributed by atoms with E-state index in [1.165, 1.54) is 11.1 Å². The molecule has 0 aliphatic heterocycles. The van der Waals surface area contributed by atoms with E-state index >= 15 is 0 Å². The quantitative estimate of drug-likeness (QED) is 0.804. The smallest absolute Gasteiger partial charge is 0.334 e. The molecule has 0 aliphatic rings. The number of likely N-dealkylation sites (N-methyl/N-ethyl adjacent to an activating group) is 1. The summed E-state index contributed by atoms with van der Waals surface area (Å²) < 4.78 is 5.19. The summed E-state index contributed by atoms with van der Waals surface area (Å²) in [6, 6.07) is 8.23. The van der Waals surface area contributed by atoms with Gasteiger partial charge in [0.25, 0.3) is 0 Å². The molecule has 1 aromatic rings. The molecule has 4 nitrogen and oxygen atoms in total. The first-order valence-electron chi connectivity index (χ1n) is 6.11. The third-order valence-corrected chi connectivity index (χ3v) is 2.69. The summed E-state index contributed by atoms with van der Waals surface area (Å²) in [7, 11) is 1.90. The largest absolute Gasteiger partial charge is 0.479 e. The number of aliphatic carboxylic acids is 1. The highest BCUT2D eigenvalue weighted by molar-refractivity contribution is 5.72. The van der Waals surface area contributed by atoms with E-state index in [2.05, 4.69) is 24.3 Å². The lowest BCUT2D eigenvalue weighted by atomic mass is 10.1. The van der Waals surface area contributed by atoms with Crippen LogP contribution in [0.4, 0.5) is 0 Å². The third kappa shape index (κ3) is 4.85. The second kappa shape index (κ2) is 7.13. The van der Waals surface area contributed by atoms with Crippen molar-refractivity contribution in [1.29, 1.82) is 0 Å². The molecule has 0 aromatic heterocycles. The molecular formula is C14H21NO3. The van der Waals surface area contributed by atoms with Crippen LogP contribution in [0.3, 0.4) is 0 Å². The van der Waals surface area contributed by atoms with E-state index < -0.39 is 12.1 Å². The highest BCUT2D eigenvalue weighted by Gasteiger charge is 2.19. The molecule has 0 fully saturated rings. The Hall–Kier alpha value is -1.39. The van der Waals surface area contributed by atoms with Crippen molar-refractivity contribution in [2.24, 2.45) is 0 Å². The molecule has 0 saturated carbocycles. The summed E-state index contributed by atoms with van der Waals surface area (Å²) >= 11 is 0. The molecule has 1 aromatic carbocycles. The second-order valence-electron chi connectivity index (χ2n) is 4.46. The molecule has 4 heteroatoms. The van der Waals surface area contributed by atoms with E-state index in [4.69, 9.17) is 9.84 Å². The Labute approximate surface area is 108 Å². The van der Waals surface area contributed by atoms with Gasteiger partial charge in [-0.3, -0.25) is 4.90 Å². The molecule has 1 rings (SSSR count). The van der Waals surface area contributed by atoms with Crippen molar-refractivity contribution in [3.05, 3.63) is 35.4 Å². The number of carbonyl (C=O) groups is 1. The number of aryl methyl sites for hydroxylation is 1. The van der Waals surface area contributed by atoms with Gasteiger partial charge in [-0.25, -0.2) is 4.79 Å². The van der Waals surface area contributed by atoms with Crippen LogP contribution in [0.25, 0.3) is 0 Å². The van der Waals surface area contributed by atoms with Gasteiger partial charge in [0.05, 0.1) is 0 Å². The van der Waals surface area contributed by atoms with Gasteiger partial charge in [0, 0.05) is 19.7 Å². The molecule has 0 bridgehead atoms. The molecule has 1 N–H and O–H groups in total. The highest BCUT2D eigenvalue weighted by atomic mass is 16.5. The number of hydrogen-bond donors (Lipinski definition) is 1. The van der Waals surface area contributed by atoms with Gasteiger partial charge >= 0.3 is 5.97 Å². The number of hydrogen-bond acceptors (Lipinski definition) is 3. The maximum atomic E-state index is 11.0. The molecule has 0 spiro atoms. The van der Waals surface area contributed by atoms with Crippen LogP contribution in [-0.4, -0.2) is 42.3 Å². The monoisotopic (exact) mass is 251 g/mol. The number of rotatable bonds is 7. The van der Waals surface area contributed by atoms with E-state index in [1.807, 2.05) is 18.9 Å². The predicted molar refractivity (Wildman–Crippen MR) is 70.6 cm³/mol. The zero-order valence-electron chi connectivity index (χ0n) is 11.2. The van der Waals surface area contributed by atoms with Crippen LogP contribution in [0.5, 0.6) is 0 Å². The molecule has 0 heterocycles. The van der Waals surface area contributed by atoms with Crippen molar-refractivity contribution in [2.45, 2.75) is 26.5 Å². The maximum Gasteiger partial charge on any atom is 0.334 e. The molecule has 100 valence electrons. The van der Waals surface area contributed by atoms with Crippen molar-refractivity contribution in [2.75, 3.05) is 20.2 Å². The zero-order valence-corrected chi connectivity index (χ0v) is 11.2. The normalized spacial score (nSPS) is 12.7. The summed E-state index contributed by atoms with van der Waals surface area (Å²) in [5, 5.41) is 9.00. The Bertz CT molecular complexity index is 375. The first-order chi connectivity index (χ1) is 8.52. The summed E-state index contributed by atoms with van der Waals surface area (Å²) in [5.74, 6) is -0.910. The van der Waals surface area contributed by atoms with Crippen molar-refractivity contribution in [1.82, 2.24) is 4.90 Å². The Morgan fingerprint density at radius 2 is 2.00 bits per heavy atom. The standard InChI is InChI=1S/C14H21NO3/c1-4-18-13(14(16)17)10-15(3)9-12-7-5-11(2)6-8-12/h5-8,13H,4,9-10H2,1-3H3,(H,16,17). The Balaban J connectivity index is 2.51. The molecule has 1 atom stereocenters. The lowest BCUT2D eigenvalue weighted by Gasteiger charge is -2.21. The topological polar surface area (TPSA) is 49.8 Å². The van der Waals surface area contributed by atoms with Gasteiger partial charge in [-0.1, -0.05) is 29.8 Å².